The zero-order chi connectivity index (χ0) is 8.65. The monoisotopic (exact) mass is 172 g/mol. The molecule has 12 heavy (non-hydrogen) atoms. The first-order valence-corrected chi connectivity index (χ1v) is 4.92. The van der Waals surface area contributed by atoms with E-state index in [1.54, 1.807) is 0 Å². The highest BCUT2D eigenvalue weighted by molar-refractivity contribution is 4.64. The van der Waals surface area contributed by atoms with Crippen LogP contribution in [0.2, 0.25) is 0 Å². The van der Waals surface area contributed by atoms with E-state index in [1.807, 2.05) is 0 Å². The van der Waals surface area contributed by atoms with E-state index in [0.717, 1.165) is 38.8 Å². The molecule has 3 N–H and O–H groups in total. The van der Waals surface area contributed by atoms with Gasteiger partial charge in [0.2, 0.25) is 0 Å². The molecule has 0 bridgehead atoms. The van der Waals surface area contributed by atoms with Gasteiger partial charge in [-0.25, -0.2) is 0 Å². The number of hydrogen-bond acceptors (Lipinski definition) is 3. The highest BCUT2D eigenvalue weighted by atomic mass is 16.5. The molecule has 1 rings (SSSR count). The quantitative estimate of drug-likeness (QED) is 0.588. The van der Waals surface area contributed by atoms with E-state index in [2.05, 4.69) is 5.32 Å². The normalized spacial score (nSPS) is 19.8. The van der Waals surface area contributed by atoms with Gasteiger partial charge in [0.25, 0.3) is 0 Å². The van der Waals surface area contributed by atoms with Gasteiger partial charge < -0.3 is 15.8 Å². The largest absolute Gasteiger partial charge is 0.381 e. The molecule has 0 aromatic carbocycles. The molecule has 3 nitrogen and oxygen atoms in total. The molecule has 0 aromatic rings. The first-order chi connectivity index (χ1) is 5.93. The minimum atomic E-state index is 0.744. The summed E-state index contributed by atoms with van der Waals surface area (Å²) in [5, 5.41) is 3.32. The van der Waals surface area contributed by atoms with Crippen LogP contribution in [0.15, 0.2) is 0 Å². The predicted molar refractivity (Wildman–Crippen MR) is 50.1 cm³/mol. The maximum absolute atomic E-state index is 5.37. The van der Waals surface area contributed by atoms with E-state index >= 15 is 0 Å². The molecule has 0 amide bonds. The number of rotatable bonds is 5. The summed E-state index contributed by atoms with van der Waals surface area (Å²) in [6.45, 7) is 4.72. The van der Waals surface area contributed by atoms with E-state index in [9.17, 15) is 0 Å². The van der Waals surface area contributed by atoms with Crippen molar-refractivity contribution in [2.75, 3.05) is 32.8 Å². The Morgan fingerprint density at radius 3 is 2.67 bits per heavy atom. The molecule has 1 saturated heterocycles. The van der Waals surface area contributed by atoms with Crippen molar-refractivity contribution in [2.24, 2.45) is 11.7 Å². The van der Waals surface area contributed by atoms with Crippen LogP contribution in [0.4, 0.5) is 0 Å². The van der Waals surface area contributed by atoms with E-state index < -0.39 is 0 Å². The third-order valence-electron chi connectivity index (χ3n) is 2.39. The average Bonchev–Trinajstić information content (AvgIpc) is 2.14. The minimum absolute atomic E-state index is 0.744. The van der Waals surface area contributed by atoms with Crippen LogP contribution in [-0.4, -0.2) is 32.8 Å². The summed E-state index contributed by atoms with van der Waals surface area (Å²) in [6.07, 6.45) is 3.76. The first-order valence-electron chi connectivity index (χ1n) is 4.92. The Morgan fingerprint density at radius 1 is 1.25 bits per heavy atom. The second kappa shape index (κ2) is 6.40. The van der Waals surface area contributed by atoms with Crippen LogP contribution >= 0.6 is 0 Å². The van der Waals surface area contributed by atoms with Crippen LogP contribution in [0.1, 0.15) is 19.3 Å². The summed E-state index contributed by atoms with van der Waals surface area (Å²) in [5.41, 5.74) is 5.37. The molecular formula is C9H20N2O. The predicted octanol–water partition coefficient (Wildman–Crippen LogP) is 0.351. The summed E-state index contributed by atoms with van der Waals surface area (Å²) in [4.78, 5) is 0. The van der Waals surface area contributed by atoms with Crippen LogP contribution in [0, 0.1) is 5.92 Å². The van der Waals surface area contributed by atoms with E-state index in [4.69, 9.17) is 10.5 Å². The highest BCUT2D eigenvalue weighted by Gasteiger charge is 2.12. The highest BCUT2D eigenvalue weighted by Crippen LogP contribution is 2.17. The summed E-state index contributed by atoms with van der Waals surface area (Å²) < 4.78 is 5.29. The van der Waals surface area contributed by atoms with Gasteiger partial charge >= 0.3 is 0 Å². The Labute approximate surface area is 74.7 Å². The lowest BCUT2D eigenvalue weighted by Crippen LogP contribution is -2.26. The van der Waals surface area contributed by atoms with E-state index in [1.165, 1.54) is 19.3 Å². The molecule has 0 atom stereocenters. The lowest BCUT2D eigenvalue weighted by Gasteiger charge is -2.21. The van der Waals surface area contributed by atoms with Crippen molar-refractivity contribution in [2.45, 2.75) is 19.3 Å². The molecule has 1 fully saturated rings. The van der Waals surface area contributed by atoms with Crippen LogP contribution < -0.4 is 11.1 Å². The van der Waals surface area contributed by atoms with Gasteiger partial charge in [-0.1, -0.05) is 0 Å². The van der Waals surface area contributed by atoms with Gasteiger partial charge in [-0.3, -0.25) is 0 Å². The van der Waals surface area contributed by atoms with Crippen LogP contribution in [-0.2, 0) is 4.74 Å². The van der Waals surface area contributed by atoms with Crippen molar-refractivity contribution < 1.29 is 4.74 Å². The number of ether oxygens (including phenoxy) is 1. The van der Waals surface area contributed by atoms with Gasteiger partial charge in [0, 0.05) is 26.3 Å². The Kier molecular flexibility index (Phi) is 5.32. The molecular weight excluding hydrogens is 152 g/mol. The maximum Gasteiger partial charge on any atom is 0.0468 e. The molecule has 0 saturated carbocycles. The lowest BCUT2D eigenvalue weighted by atomic mass is 9.97. The van der Waals surface area contributed by atoms with Gasteiger partial charge in [0.15, 0.2) is 0 Å². The zero-order valence-corrected chi connectivity index (χ0v) is 7.72. The topological polar surface area (TPSA) is 47.3 Å². The summed E-state index contributed by atoms with van der Waals surface area (Å²) in [7, 11) is 0. The summed E-state index contributed by atoms with van der Waals surface area (Å²) in [6, 6.07) is 0. The fraction of sp³-hybridized carbons (Fsp3) is 1.00. The Balaban J connectivity index is 1.91. The van der Waals surface area contributed by atoms with Crippen molar-refractivity contribution in [1.29, 1.82) is 0 Å². The molecule has 1 aliphatic rings. The molecule has 72 valence electrons. The lowest BCUT2D eigenvalue weighted by molar-refractivity contribution is 0.0640. The Hall–Kier alpha value is -0.120. The molecule has 0 spiro atoms. The number of nitrogens with two attached hydrogens (primary N) is 1. The second-order valence-corrected chi connectivity index (χ2v) is 3.38. The van der Waals surface area contributed by atoms with E-state index in [0.29, 0.717) is 0 Å². The third kappa shape index (κ3) is 4.04. The molecule has 1 heterocycles. The minimum Gasteiger partial charge on any atom is -0.381 e. The average molecular weight is 172 g/mol. The molecule has 1 aliphatic heterocycles. The van der Waals surface area contributed by atoms with Crippen LogP contribution in [0.25, 0.3) is 0 Å². The molecule has 0 unspecified atom stereocenters. The number of nitrogens with one attached hydrogen (secondary N) is 1. The first kappa shape index (κ1) is 9.96. The third-order valence-corrected chi connectivity index (χ3v) is 2.39. The Morgan fingerprint density at radius 2 is 2.00 bits per heavy atom. The molecule has 0 aliphatic carbocycles. The van der Waals surface area contributed by atoms with Crippen molar-refractivity contribution in [3.05, 3.63) is 0 Å². The Bertz CT molecular complexity index is 103. The van der Waals surface area contributed by atoms with Gasteiger partial charge in [-0.15, -0.1) is 0 Å². The second-order valence-electron chi connectivity index (χ2n) is 3.38. The molecule has 0 aromatic heterocycles. The zero-order valence-electron chi connectivity index (χ0n) is 7.72. The van der Waals surface area contributed by atoms with Crippen LogP contribution in [0.3, 0.4) is 0 Å². The maximum atomic E-state index is 5.37. The van der Waals surface area contributed by atoms with Gasteiger partial charge in [0.1, 0.15) is 0 Å². The van der Waals surface area contributed by atoms with Gasteiger partial charge in [0.05, 0.1) is 0 Å². The molecule has 3 heteroatoms. The van der Waals surface area contributed by atoms with Crippen LogP contribution in [0.5, 0.6) is 0 Å². The standard InChI is InChI=1S/C9H20N2O/c10-4-6-11-5-1-9-2-7-12-8-3-9/h9,11H,1-8,10H2. The van der Waals surface area contributed by atoms with Gasteiger partial charge in [-0.05, 0) is 31.7 Å². The van der Waals surface area contributed by atoms with E-state index in [-0.39, 0.29) is 0 Å². The summed E-state index contributed by atoms with van der Waals surface area (Å²) >= 11 is 0. The van der Waals surface area contributed by atoms with Gasteiger partial charge in [-0.2, -0.15) is 0 Å². The fourth-order valence-corrected chi connectivity index (χ4v) is 1.57. The van der Waals surface area contributed by atoms with Crippen molar-refractivity contribution in [3.63, 3.8) is 0 Å². The number of hydrogen-bond donors (Lipinski definition) is 2. The molecule has 0 radical (unpaired) electrons. The summed E-state index contributed by atoms with van der Waals surface area (Å²) in [5.74, 6) is 0.879. The SMILES string of the molecule is NCCNCCC1CCOCC1. The van der Waals surface area contributed by atoms with Crippen molar-refractivity contribution >= 4 is 0 Å². The fourth-order valence-electron chi connectivity index (χ4n) is 1.57. The van der Waals surface area contributed by atoms with Crippen molar-refractivity contribution in [3.8, 4) is 0 Å². The van der Waals surface area contributed by atoms with Crippen molar-refractivity contribution in [1.82, 2.24) is 5.32 Å². The smallest absolute Gasteiger partial charge is 0.0468 e.